The average Bonchev–Trinajstić information content (AvgIpc) is 3.60. The van der Waals surface area contributed by atoms with Crippen molar-refractivity contribution in [3.05, 3.63) is 114 Å². The molecule has 0 radical (unpaired) electrons. The minimum absolute atomic E-state index is 0.609. The molecule has 38 heavy (non-hydrogen) atoms. The maximum atomic E-state index is 6.27. The summed E-state index contributed by atoms with van der Waals surface area (Å²) < 4.78 is 8.10. The van der Waals surface area contributed by atoms with E-state index in [4.69, 9.17) is 14.7 Å². The van der Waals surface area contributed by atoms with Crippen molar-refractivity contribution >= 4 is 39.7 Å². The summed E-state index contributed by atoms with van der Waals surface area (Å²) in [5, 5.41) is 11.6. The first-order chi connectivity index (χ1) is 18.7. The second-order valence-corrected chi connectivity index (χ2v) is 10.6. The highest BCUT2D eigenvalue weighted by Gasteiger charge is 2.14. The van der Waals surface area contributed by atoms with Crippen LogP contribution in [0, 0.1) is 6.92 Å². The summed E-state index contributed by atoms with van der Waals surface area (Å²) in [6, 6.07) is 26.1. The molecular formula is C29H24N6OS2. The molecule has 6 aromatic rings. The Bertz CT molecular complexity index is 1670. The van der Waals surface area contributed by atoms with Crippen LogP contribution in [0.25, 0.3) is 5.65 Å². The number of pyridine rings is 1. The number of aryl methyl sites for hydroxylation is 3. The molecule has 0 fully saturated rings. The van der Waals surface area contributed by atoms with E-state index in [1.807, 2.05) is 72.2 Å². The summed E-state index contributed by atoms with van der Waals surface area (Å²) in [5.41, 5.74) is 4.10. The molecule has 0 amide bonds. The van der Waals surface area contributed by atoms with Gasteiger partial charge in [0.1, 0.15) is 10.8 Å². The van der Waals surface area contributed by atoms with Crippen molar-refractivity contribution in [2.45, 2.75) is 29.7 Å². The van der Waals surface area contributed by atoms with Crippen LogP contribution in [0.2, 0.25) is 0 Å². The first-order valence-electron chi connectivity index (χ1n) is 12.2. The number of anilines is 2. The molecule has 9 heteroatoms. The Kier molecular flexibility index (Phi) is 7.01. The molecule has 4 heterocycles. The first kappa shape index (κ1) is 24.1. The van der Waals surface area contributed by atoms with E-state index < -0.39 is 0 Å². The third-order valence-corrected chi connectivity index (χ3v) is 7.53. The second kappa shape index (κ2) is 11.0. The van der Waals surface area contributed by atoms with E-state index in [2.05, 4.69) is 45.0 Å². The van der Waals surface area contributed by atoms with E-state index >= 15 is 0 Å². The Hall–Kier alpha value is -4.21. The molecule has 0 bridgehead atoms. The highest BCUT2D eigenvalue weighted by Crippen LogP contribution is 2.36. The summed E-state index contributed by atoms with van der Waals surface area (Å²) in [6.07, 6.45) is 5.42. The van der Waals surface area contributed by atoms with E-state index in [0.29, 0.717) is 11.6 Å². The Morgan fingerprint density at radius 2 is 1.76 bits per heavy atom. The van der Waals surface area contributed by atoms with E-state index in [1.54, 1.807) is 29.3 Å². The highest BCUT2D eigenvalue weighted by molar-refractivity contribution is 7.99. The molecule has 188 valence electrons. The standard InChI is InChI=1S/C29H24N6OS2/c1-20-16-27(35-26(32-20)14-15-31-35)38-24-17-25(36-23-10-6-3-7-11-23)28(30-18-24)34-29-33-22(19-37-29)13-12-21-8-4-2-5-9-21/h2-11,14-19H,12-13H2,1H3,(H,30,33,34). The lowest BCUT2D eigenvalue weighted by Crippen LogP contribution is -1.99. The monoisotopic (exact) mass is 536 g/mol. The van der Waals surface area contributed by atoms with Crippen molar-refractivity contribution < 1.29 is 4.74 Å². The van der Waals surface area contributed by atoms with Crippen LogP contribution in [0.5, 0.6) is 11.5 Å². The number of nitrogens with zero attached hydrogens (tertiary/aromatic N) is 5. The molecule has 0 spiro atoms. The predicted octanol–water partition coefficient (Wildman–Crippen LogP) is 7.36. The smallest absolute Gasteiger partial charge is 0.188 e. The molecule has 7 nitrogen and oxygen atoms in total. The lowest BCUT2D eigenvalue weighted by molar-refractivity contribution is 0.481. The van der Waals surface area contributed by atoms with Gasteiger partial charge < -0.3 is 10.1 Å². The normalized spacial score (nSPS) is 11.1. The summed E-state index contributed by atoms with van der Waals surface area (Å²) in [7, 11) is 0. The number of hydrogen-bond acceptors (Lipinski definition) is 8. The largest absolute Gasteiger partial charge is 0.453 e. The Morgan fingerprint density at radius 1 is 0.947 bits per heavy atom. The van der Waals surface area contributed by atoms with E-state index in [-0.39, 0.29) is 0 Å². The SMILES string of the molecule is Cc1cc(Sc2cnc(Nc3nc(CCc4ccccc4)cs3)c(Oc3ccccc3)c2)n2nccc2n1. The number of benzene rings is 2. The molecule has 6 rings (SSSR count). The van der Waals surface area contributed by atoms with Gasteiger partial charge in [0.25, 0.3) is 0 Å². The Morgan fingerprint density at radius 3 is 2.61 bits per heavy atom. The molecule has 0 atom stereocenters. The van der Waals surface area contributed by atoms with Gasteiger partial charge in [0, 0.05) is 34.3 Å². The molecule has 0 unspecified atom stereocenters. The van der Waals surface area contributed by atoms with Gasteiger partial charge in [-0.25, -0.2) is 19.5 Å². The van der Waals surface area contributed by atoms with Gasteiger partial charge in [-0.15, -0.1) is 11.3 Å². The molecule has 0 saturated heterocycles. The van der Waals surface area contributed by atoms with Gasteiger partial charge >= 0.3 is 0 Å². The van der Waals surface area contributed by atoms with Gasteiger partial charge in [-0.05, 0) is 43.5 Å². The fourth-order valence-electron chi connectivity index (χ4n) is 3.96. The number of thiazole rings is 1. The predicted molar refractivity (Wildman–Crippen MR) is 152 cm³/mol. The fourth-order valence-corrected chi connectivity index (χ4v) is 5.68. The minimum atomic E-state index is 0.609. The maximum Gasteiger partial charge on any atom is 0.188 e. The topological polar surface area (TPSA) is 77.2 Å². The average molecular weight is 537 g/mol. The Balaban J connectivity index is 1.25. The van der Waals surface area contributed by atoms with Crippen molar-refractivity contribution in [1.29, 1.82) is 0 Å². The highest BCUT2D eigenvalue weighted by atomic mass is 32.2. The van der Waals surface area contributed by atoms with Gasteiger partial charge in [0.05, 0.1) is 11.9 Å². The summed E-state index contributed by atoms with van der Waals surface area (Å²) in [5.74, 6) is 1.96. The van der Waals surface area contributed by atoms with Crippen LogP contribution in [0.15, 0.2) is 107 Å². The van der Waals surface area contributed by atoms with Crippen molar-refractivity contribution in [3.8, 4) is 11.5 Å². The quantitative estimate of drug-likeness (QED) is 0.193. The molecule has 0 aliphatic rings. The molecule has 1 N–H and O–H groups in total. The fraction of sp³-hybridized carbons (Fsp3) is 0.103. The number of para-hydroxylation sites is 1. The van der Waals surface area contributed by atoms with Crippen LogP contribution in [0.4, 0.5) is 10.9 Å². The van der Waals surface area contributed by atoms with E-state index in [0.717, 1.165) is 50.7 Å². The van der Waals surface area contributed by atoms with Crippen LogP contribution in [0.1, 0.15) is 17.0 Å². The number of rotatable bonds is 9. The van der Waals surface area contributed by atoms with Crippen LogP contribution in [0.3, 0.4) is 0 Å². The van der Waals surface area contributed by atoms with Crippen LogP contribution in [-0.4, -0.2) is 24.6 Å². The summed E-state index contributed by atoms with van der Waals surface area (Å²) >= 11 is 3.13. The minimum Gasteiger partial charge on any atom is -0.453 e. The molecule has 4 aromatic heterocycles. The van der Waals surface area contributed by atoms with E-state index in [1.165, 1.54) is 5.56 Å². The zero-order valence-electron chi connectivity index (χ0n) is 20.6. The number of aromatic nitrogens is 5. The number of hydrogen-bond donors (Lipinski definition) is 1. The third-order valence-electron chi connectivity index (χ3n) is 5.77. The molecule has 0 aliphatic heterocycles. The van der Waals surface area contributed by atoms with E-state index in [9.17, 15) is 0 Å². The van der Waals surface area contributed by atoms with Crippen molar-refractivity contribution in [2.24, 2.45) is 0 Å². The number of nitrogens with one attached hydrogen (secondary N) is 1. The lowest BCUT2D eigenvalue weighted by atomic mass is 10.1. The number of ether oxygens (including phenoxy) is 1. The van der Waals surface area contributed by atoms with Gasteiger partial charge in [0.15, 0.2) is 22.3 Å². The Labute approximate surface area is 228 Å². The van der Waals surface area contributed by atoms with Gasteiger partial charge in [-0.3, -0.25) is 0 Å². The van der Waals surface area contributed by atoms with Crippen LogP contribution in [-0.2, 0) is 12.8 Å². The zero-order chi connectivity index (χ0) is 25.7. The van der Waals surface area contributed by atoms with Gasteiger partial charge in [-0.1, -0.05) is 60.3 Å². The van der Waals surface area contributed by atoms with Crippen molar-refractivity contribution in [2.75, 3.05) is 5.32 Å². The molecule has 0 aliphatic carbocycles. The third kappa shape index (κ3) is 5.69. The van der Waals surface area contributed by atoms with Crippen LogP contribution >= 0.6 is 23.1 Å². The summed E-state index contributed by atoms with van der Waals surface area (Å²) in [6.45, 7) is 1.98. The van der Waals surface area contributed by atoms with Crippen molar-refractivity contribution in [3.63, 3.8) is 0 Å². The molecular weight excluding hydrogens is 512 g/mol. The second-order valence-electron chi connectivity index (χ2n) is 8.63. The zero-order valence-corrected chi connectivity index (χ0v) is 22.2. The molecule has 0 saturated carbocycles. The molecule has 2 aromatic carbocycles. The number of fused-ring (bicyclic) bond motifs is 1. The first-order valence-corrected chi connectivity index (χ1v) is 13.9. The van der Waals surface area contributed by atoms with Crippen molar-refractivity contribution in [1.82, 2.24) is 24.6 Å². The van der Waals surface area contributed by atoms with Gasteiger partial charge in [0.2, 0.25) is 0 Å². The van der Waals surface area contributed by atoms with Crippen LogP contribution < -0.4 is 10.1 Å². The maximum absolute atomic E-state index is 6.27. The lowest BCUT2D eigenvalue weighted by Gasteiger charge is -2.13. The van der Waals surface area contributed by atoms with Gasteiger partial charge in [-0.2, -0.15) is 5.10 Å². The summed E-state index contributed by atoms with van der Waals surface area (Å²) in [4.78, 5) is 15.0.